The van der Waals surface area contributed by atoms with Crippen molar-refractivity contribution < 1.29 is 9.15 Å². The molecule has 5 nitrogen and oxygen atoms in total. The summed E-state index contributed by atoms with van der Waals surface area (Å²) in [5.74, 6) is 0. The predicted octanol–water partition coefficient (Wildman–Crippen LogP) is 6.56. The molecule has 1 unspecified atom stereocenters. The summed E-state index contributed by atoms with van der Waals surface area (Å²) >= 11 is 24.6. The topological polar surface area (TPSA) is 57.3 Å². The number of hydrogen-bond donors (Lipinski definition) is 0. The van der Waals surface area contributed by atoms with E-state index in [4.69, 9.17) is 55.6 Å². The number of nitrogens with zero attached hydrogens (tertiary/aromatic N) is 2. The summed E-state index contributed by atoms with van der Waals surface area (Å²) in [6, 6.07) is 10.0. The molecule has 0 spiro atoms. The number of aromatic nitrogens is 2. The third-order valence-electron chi connectivity index (χ3n) is 4.51. The first-order valence-corrected chi connectivity index (χ1v) is 10.4. The van der Waals surface area contributed by atoms with Gasteiger partial charge in [0.15, 0.2) is 5.58 Å². The molecule has 0 amide bonds. The lowest BCUT2D eigenvalue weighted by Gasteiger charge is -2.20. The van der Waals surface area contributed by atoms with Gasteiger partial charge in [-0.05, 0) is 30.3 Å². The summed E-state index contributed by atoms with van der Waals surface area (Å²) in [5.41, 5.74) is 0.827. The van der Waals surface area contributed by atoms with Gasteiger partial charge >= 0.3 is 5.63 Å². The molecule has 0 saturated heterocycles. The molecule has 0 aliphatic carbocycles. The molecule has 4 rings (SSSR count). The Kier molecular flexibility index (Phi) is 6.37. The monoisotopic (exact) mass is 482 g/mol. The Hall–Kier alpha value is -2.02. The van der Waals surface area contributed by atoms with E-state index in [0.717, 1.165) is 5.56 Å². The van der Waals surface area contributed by atoms with E-state index in [1.807, 2.05) is 10.8 Å². The van der Waals surface area contributed by atoms with Crippen LogP contribution >= 0.6 is 46.4 Å². The van der Waals surface area contributed by atoms with E-state index in [1.165, 1.54) is 6.07 Å². The van der Waals surface area contributed by atoms with Gasteiger partial charge in [0.1, 0.15) is 6.10 Å². The van der Waals surface area contributed by atoms with Crippen LogP contribution in [0.15, 0.2) is 64.3 Å². The Morgan fingerprint density at radius 1 is 1.03 bits per heavy atom. The third-order valence-corrected chi connectivity index (χ3v) is 5.57. The normalized spacial score (nSPS) is 12.4. The molecule has 0 bridgehead atoms. The standard InChI is InChI=1S/C21H14Cl4N2O3/c22-14-1-2-16(17(24)7-14)19(9-27-4-3-26-11-27)29-10-13-5-12-6-15(23)8-18(25)20(12)30-21(13)28/h1-8,11,19H,9-10H2. The van der Waals surface area contributed by atoms with E-state index >= 15 is 0 Å². The van der Waals surface area contributed by atoms with Crippen LogP contribution in [0.3, 0.4) is 0 Å². The van der Waals surface area contributed by atoms with Gasteiger partial charge in [0, 0.05) is 38.4 Å². The lowest BCUT2D eigenvalue weighted by molar-refractivity contribution is 0.0268. The maximum atomic E-state index is 12.5. The number of imidazole rings is 1. The highest BCUT2D eigenvalue weighted by molar-refractivity contribution is 6.38. The van der Waals surface area contributed by atoms with Crippen LogP contribution in [0.5, 0.6) is 0 Å². The number of ether oxygens (including phenoxy) is 1. The van der Waals surface area contributed by atoms with Crippen LogP contribution in [0, 0.1) is 0 Å². The minimum absolute atomic E-state index is 0.000719. The number of benzene rings is 2. The Bertz CT molecular complexity index is 1260. The molecule has 1 atom stereocenters. The van der Waals surface area contributed by atoms with Gasteiger partial charge in [-0.15, -0.1) is 0 Å². The molecule has 0 saturated carbocycles. The van der Waals surface area contributed by atoms with E-state index in [9.17, 15) is 4.79 Å². The first-order valence-electron chi connectivity index (χ1n) is 8.85. The van der Waals surface area contributed by atoms with Crippen molar-refractivity contribution in [3.63, 3.8) is 0 Å². The minimum atomic E-state index is -0.532. The van der Waals surface area contributed by atoms with Crippen molar-refractivity contribution >= 4 is 57.4 Å². The Balaban J connectivity index is 1.65. The van der Waals surface area contributed by atoms with Crippen molar-refractivity contribution in [2.75, 3.05) is 0 Å². The second-order valence-electron chi connectivity index (χ2n) is 6.59. The molecule has 2 heterocycles. The highest BCUT2D eigenvalue weighted by Crippen LogP contribution is 2.31. The van der Waals surface area contributed by atoms with Crippen molar-refractivity contribution in [3.8, 4) is 0 Å². The zero-order valence-electron chi connectivity index (χ0n) is 15.3. The molecule has 0 fully saturated rings. The van der Waals surface area contributed by atoms with Crippen LogP contribution in [-0.4, -0.2) is 9.55 Å². The van der Waals surface area contributed by atoms with Crippen LogP contribution in [-0.2, 0) is 17.9 Å². The summed E-state index contributed by atoms with van der Waals surface area (Å²) in [6.07, 6.45) is 4.71. The van der Waals surface area contributed by atoms with Gasteiger partial charge in [-0.2, -0.15) is 0 Å². The van der Waals surface area contributed by atoms with Gasteiger partial charge in [-0.3, -0.25) is 0 Å². The molecule has 4 aromatic rings. The van der Waals surface area contributed by atoms with Gasteiger partial charge in [-0.1, -0.05) is 52.5 Å². The van der Waals surface area contributed by atoms with E-state index in [-0.39, 0.29) is 17.2 Å². The van der Waals surface area contributed by atoms with Crippen molar-refractivity contribution in [2.45, 2.75) is 19.3 Å². The Morgan fingerprint density at radius 3 is 2.57 bits per heavy atom. The SMILES string of the molecule is O=c1oc2c(Cl)cc(Cl)cc2cc1COC(Cn1ccnc1)c1ccc(Cl)cc1Cl. The maximum absolute atomic E-state index is 12.5. The third kappa shape index (κ3) is 4.66. The highest BCUT2D eigenvalue weighted by Gasteiger charge is 2.18. The quantitative estimate of drug-likeness (QED) is 0.291. The highest BCUT2D eigenvalue weighted by atomic mass is 35.5. The summed E-state index contributed by atoms with van der Waals surface area (Å²) in [4.78, 5) is 16.5. The maximum Gasteiger partial charge on any atom is 0.341 e. The van der Waals surface area contributed by atoms with Crippen LogP contribution in [0.1, 0.15) is 17.2 Å². The van der Waals surface area contributed by atoms with Gasteiger partial charge in [0.05, 0.1) is 30.1 Å². The zero-order valence-corrected chi connectivity index (χ0v) is 18.3. The average Bonchev–Trinajstić information content (AvgIpc) is 3.19. The van der Waals surface area contributed by atoms with E-state index in [2.05, 4.69) is 4.98 Å². The second kappa shape index (κ2) is 9.00. The fourth-order valence-corrected chi connectivity index (χ4v) is 4.16. The van der Waals surface area contributed by atoms with Crippen molar-refractivity contribution in [1.82, 2.24) is 9.55 Å². The molecule has 9 heteroatoms. The van der Waals surface area contributed by atoms with E-state index in [0.29, 0.717) is 32.6 Å². The summed E-state index contributed by atoms with van der Waals surface area (Å²) in [7, 11) is 0. The Morgan fingerprint density at radius 2 is 1.83 bits per heavy atom. The second-order valence-corrected chi connectivity index (χ2v) is 8.28. The molecule has 0 aliphatic rings. The molecule has 2 aromatic carbocycles. The predicted molar refractivity (Wildman–Crippen MR) is 119 cm³/mol. The van der Waals surface area contributed by atoms with Crippen LogP contribution in [0.4, 0.5) is 0 Å². The van der Waals surface area contributed by atoms with Crippen molar-refractivity contribution in [2.24, 2.45) is 0 Å². The number of fused-ring (bicyclic) bond motifs is 1. The zero-order chi connectivity index (χ0) is 21.3. The fraction of sp³-hybridized carbons (Fsp3) is 0.143. The number of hydrogen-bond acceptors (Lipinski definition) is 4. The molecular weight excluding hydrogens is 470 g/mol. The largest absolute Gasteiger partial charge is 0.421 e. The van der Waals surface area contributed by atoms with Gasteiger partial charge < -0.3 is 13.7 Å². The number of rotatable bonds is 6. The van der Waals surface area contributed by atoms with Crippen LogP contribution in [0.25, 0.3) is 11.0 Å². The van der Waals surface area contributed by atoms with Gasteiger partial charge in [0.25, 0.3) is 0 Å². The summed E-state index contributed by atoms with van der Waals surface area (Å²) < 4.78 is 13.3. The van der Waals surface area contributed by atoms with Crippen molar-refractivity contribution in [1.29, 1.82) is 0 Å². The first-order chi connectivity index (χ1) is 14.4. The lowest BCUT2D eigenvalue weighted by atomic mass is 10.1. The molecule has 0 radical (unpaired) electrons. The van der Waals surface area contributed by atoms with Gasteiger partial charge in [-0.25, -0.2) is 9.78 Å². The molecule has 2 aromatic heterocycles. The molecule has 0 aliphatic heterocycles. The first kappa shape index (κ1) is 21.2. The summed E-state index contributed by atoms with van der Waals surface area (Å²) in [5, 5.41) is 2.32. The van der Waals surface area contributed by atoms with E-state index < -0.39 is 11.7 Å². The number of halogens is 4. The van der Waals surface area contributed by atoms with E-state index in [1.54, 1.807) is 42.9 Å². The van der Waals surface area contributed by atoms with Crippen LogP contribution in [0.2, 0.25) is 20.1 Å². The summed E-state index contributed by atoms with van der Waals surface area (Å²) in [6.45, 7) is 0.443. The minimum Gasteiger partial charge on any atom is -0.421 e. The van der Waals surface area contributed by atoms with Crippen LogP contribution < -0.4 is 5.63 Å². The molecule has 154 valence electrons. The smallest absolute Gasteiger partial charge is 0.341 e. The molecule has 0 N–H and O–H groups in total. The Labute approximate surface area is 191 Å². The average molecular weight is 484 g/mol. The molecule has 30 heavy (non-hydrogen) atoms. The molecular formula is C21H14Cl4N2O3. The lowest BCUT2D eigenvalue weighted by Crippen LogP contribution is -2.15. The fourth-order valence-electron chi connectivity index (χ4n) is 3.08. The van der Waals surface area contributed by atoms with Gasteiger partial charge in [0.2, 0.25) is 0 Å². The van der Waals surface area contributed by atoms with Crippen molar-refractivity contribution in [3.05, 3.63) is 96.8 Å².